The quantitative estimate of drug-likeness (QED) is 0.273. The van der Waals surface area contributed by atoms with Crippen LogP contribution >= 0.6 is 0 Å². The summed E-state index contributed by atoms with van der Waals surface area (Å²) in [5, 5.41) is 4.15. The fraction of sp³-hybridized carbons (Fsp3) is 0.233. The number of para-hydroxylation sites is 1. The summed E-state index contributed by atoms with van der Waals surface area (Å²) in [7, 11) is 1.85. The highest BCUT2D eigenvalue weighted by atomic mass is 19.4. The molecule has 0 fully saturated rings. The summed E-state index contributed by atoms with van der Waals surface area (Å²) in [4.78, 5) is 21.6. The van der Waals surface area contributed by atoms with Crippen LogP contribution in [0.2, 0.25) is 0 Å². The van der Waals surface area contributed by atoms with Gasteiger partial charge in [0, 0.05) is 47.3 Å². The van der Waals surface area contributed by atoms with Crippen LogP contribution in [0.1, 0.15) is 40.6 Å². The third-order valence-electron chi connectivity index (χ3n) is 6.55. The zero-order chi connectivity index (χ0) is 28.3. The molecule has 0 saturated carbocycles. The van der Waals surface area contributed by atoms with Crippen molar-refractivity contribution in [2.24, 2.45) is 0 Å². The lowest BCUT2D eigenvalue weighted by Gasteiger charge is -2.17. The van der Waals surface area contributed by atoms with Crippen LogP contribution in [0.15, 0.2) is 77.9 Å². The predicted molar refractivity (Wildman–Crippen MR) is 146 cm³/mol. The second-order valence-corrected chi connectivity index (χ2v) is 9.17. The Morgan fingerprint density at radius 3 is 2.64 bits per heavy atom. The van der Waals surface area contributed by atoms with Crippen molar-refractivity contribution in [2.75, 3.05) is 7.05 Å². The van der Waals surface area contributed by atoms with E-state index in [2.05, 4.69) is 16.9 Å². The molecule has 0 bridgehead atoms. The summed E-state index contributed by atoms with van der Waals surface area (Å²) < 4.78 is 47.1. The molecule has 0 unspecified atom stereocenters. The molecule has 0 aliphatic rings. The van der Waals surface area contributed by atoms with Crippen LogP contribution in [0.25, 0.3) is 16.6 Å². The topological polar surface area (TPSA) is 69.0 Å². The molecule has 1 aromatic carbocycles. The first-order chi connectivity index (χ1) is 18.5. The van der Waals surface area contributed by atoms with Crippen LogP contribution in [0.4, 0.5) is 13.2 Å². The Labute approximate surface area is 224 Å². The molecule has 3 aromatic heterocycles. The minimum atomic E-state index is -4.74. The first-order valence-electron chi connectivity index (χ1n) is 12.3. The standard InChI is InChI=1S/C30H29F3N4O2/c1-6-18(2)27(34-5)22-15-20(4)36-28-21(22)9-7-11-26(28)39-17-23-19(3)12-13-35-25(23)16-37-14-8-10-24(29(37)38)30(31,32)33/h6-15,34H,1,16-17H2,2-5H3/b27-18-. The minimum Gasteiger partial charge on any atom is -0.487 e. The van der Waals surface area contributed by atoms with E-state index in [1.807, 2.05) is 52.1 Å². The normalized spacial score (nSPS) is 12.3. The van der Waals surface area contributed by atoms with E-state index >= 15 is 0 Å². The summed E-state index contributed by atoms with van der Waals surface area (Å²) in [6.07, 6.45) is -0.0636. The fourth-order valence-corrected chi connectivity index (χ4v) is 4.49. The molecule has 0 atom stereocenters. The number of aryl methyl sites for hydroxylation is 2. The van der Waals surface area contributed by atoms with Gasteiger partial charge in [0.2, 0.25) is 0 Å². The molecule has 4 aromatic rings. The van der Waals surface area contributed by atoms with Crippen LogP contribution in [0.5, 0.6) is 5.75 Å². The number of alkyl halides is 3. The number of benzene rings is 1. The van der Waals surface area contributed by atoms with Gasteiger partial charge in [-0.3, -0.25) is 9.78 Å². The Morgan fingerprint density at radius 1 is 1.18 bits per heavy atom. The molecule has 0 aliphatic carbocycles. The Balaban J connectivity index is 1.72. The maximum atomic E-state index is 13.3. The van der Waals surface area contributed by atoms with Crippen molar-refractivity contribution in [3.05, 3.63) is 117 Å². The van der Waals surface area contributed by atoms with E-state index in [1.54, 1.807) is 18.3 Å². The lowest BCUT2D eigenvalue weighted by atomic mass is 10.0. The van der Waals surface area contributed by atoms with Gasteiger partial charge in [-0.2, -0.15) is 13.2 Å². The molecule has 1 N–H and O–H groups in total. The Morgan fingerprint density at radius 2 is 1.95 bits per heavy atom. The van der Waals surface area contributed by atoms with E-state index in [9.17, 15) is 18.0 Å². The summed E-state index contributed by atoms with van der Waals surface area (Å²) in [5.41, 5.74) is 3.99. The fourth-order valence-electron chi connectivity index (χ4n) is 4.49. The van der Waals surface area contributed by atoms with Gasteiger partial charge in [-0.25, -0.2) is 4.98 Å². The average molecular weight is 535 g/mol. The number of ether oxygens (including phenoxy) is 1. The third kappa shape index (κ3) is 5.72. The molecule has 0 aliphatic heterocycles. The molecule has 39 heavy (non-hydrogen) atoms. The van der Waals surface area contributed by atoms with E-state index in [4.69, 9.17) is 9.72 Å². The molecule has 0 amide bonds. The van der Waals surface area contributed by atoms with Gasteiger partial charge >= 0.3 is 6.18 Å². The van der Waals surface area contributed by atoms with Gasteiger partial charge in [0.05, 0.1) is 12.2 Å². The number of pyridine rings is 3. The van der Waals surface area contributed by atoms with Crippen molar-refractivity contribution >= 4 is 16.6 Å². The molecule has 3 heterocycles. The molecule has 4 rings (SSSR count). The lowest BCUT2D eigenvalue weighted by molar-refractivity contribution is -0.138. The van der Waals surface area contributed by atoms with E-state index in [-0.39, 0.29) is 13.2 Å². The van der Waals surface area contributed by atoms with Crippen LogP contribution < -0.4 is 15.6 Å². The molecule has 9 heteroatoms. The van der Waals surface area contributed by atoms with E-state index in [0.29, 0.717) is 22.5 Å². The first-order valence-corrected chi connectivity index (χ1v) is 12.3. The highest BCUT2D eigenvalue weighted by molar-refractivity contribution is 5.95. The van der Waals surface area contributed by atoms with Crippen LogP contribution in [-0.2, 0) is 19.3 Å². The molecule has 0 spiro atoms. The number of aromatic nitrogens is 3. The van der Waals surface area contributed by atoms with Gasteiger partial charge in [-0.05, 0) is 62.2 Å². The smallest absolute Gasteiger partial charge is 0.421 e. The van der Waals surface area contributed by atoms with Crippen molar-refractivity contribution in [3.63, 3.8) is 0 Å². The number of halogens is 3. The Bertz CT molecular complexity index is 1640. The van der Waals surface area contributed by atoms with Crippen molar-refractivity contribution in [1.29, 1.82) is 0 Å². The van der Waals surface area contributed by atoms with Gasteiger partial charge < -0.3 is 14.6 Å². The van der Waals surface area contributed by atoms with Crippen molar-refractivity contribution in [3.8, 4) is 5.75 Å². The maximum Gasteiger partial charge on any atom is 0.421 e. The number of fused-ring (bicyclic) bond motifs is 1. The zero-order valence-electron chi connectivity index (χ0n) is 22.2. The van der Waals surface area contributed by atoms with Crippen molar-refractivity contribution < 1.29 is 17.9 Å². The first kappa shape index (κ1) is 27.6. The number of rotatable bonds is 8. The summed E-state index contributed by atoms with van der Waals surface area (Å²) in [6, 6.07) is 11.5. The van der Waals surface area contributed by atoms with Crippen molar-refractivity contribution in [1.82, 2.24) is 19.9 Å². The van der Waals surface area contributed by atoms with E-state index < -0.39 is 17.3 Å². The minimum absolute atomic E-state index is 0.0905. The number of hydrogen-bond acceptors (Lipinski definition) is 5. The Hall–Kier alpha value is -4.40. The van der Waals surface area contributed by atoms with Gasteiger partial charge in [0.1, 0.15) is 23.4 Å². The van der Waals surface area contributed by atoms with Gasteiger partial charge in [-0.1, -0.05) is 24.8 Å². The Kier molecular flexibility index (Phi) is 7.90. The van der Waals surface area contributed by atoms with Gasteiger partial charge in [0.15, 0.2) is 0 Å². The predicted octanol–water partition coefficient (Wildman–Crippen LogP) is 6.19. The number of nitrogens with zero attached hydrogens (tertiary/aromatic N) is 3. The number of hydrogen-bond donors (Lipinski definition) is 1. The second-order valence-electron chi connectivity index (χ2n) is 9.17. The van der Waals surface area contributed by atoms with Gasteiger partial charge in [-0.15, -0.1) is 0 Å². The molecular weight excluding hydrogens is 505 g/mol. The lowest BCUT2D eigenvalue weighted by Crippen LogP contribution is -2.29. The van der Waals surface area contributed by atoms with Crippen molar-refractivity contribution in [2.45, 2.75) is 40.1 Å². The van der Waals surface area contributed by atoms with Crippen LogP contribution in [0, 0.1) is 13.8 Å². The SMILES string of the molecule is C=C/C(C)=C(\NC)c1cc(C)nc2c(OCc3c(C)ccnc3Cn3cccc(C(F)(F)F)c3=O)cccc12. The number of nitrogens with one attached hydrogen (secondary N) is 1. The van der Waals surface area contributed by atoms with Gasteiger partial charge in [0.25, 0.3) is 5.56 Å². The van der Waals surface area contributed by atoms with E-state index in [0.717, 1.165) is 44.1 Å². The second kappa shape index (κ2) is 11.1. The van der Waals surface area contributed by atoms with Crippen LogP contribution in [-0.4, -0.2) is 21.6 Å². The molecule has 0 radical (unpaired) electrons. The summed E-state index contributed by atoms with van der Waals surface area (Å²) >= 11 is 0. The summed E-state index contributed by atoms with van der Waals surface area (Å²) in [6.45, 7) is 9.60. The molecule has 6 nitrogen and oxygen atoms in total. The van der Waals surface area contributed by atoms with E-state index in [1.165, 1.54) is 12.3 Å². The summed E-state index contributed by atoms with van der Waals surface area (Å²) in [5.74, 6) is 0.551. The highest BCUT2D eigenvalue weighted by Gasteiger charge is 2.34. The highest BCUT2D eigenvalue weighted by Crippen LogP contribution is 2.32. The van der Waals surface area contributed by atoms with Crippen LogP contribution in [0.3, 0.4) is 0 Å². The molecule has 0 saturated heterocycles. The third-order valence-corrected chi connectivity index (χ3v) is 6.55. The number of allylic oxidation sites excluding steroid dienone is 2. The maximum absolute atomic E-state index is 13.3. The average Bonchev–Trinajstić information content (AvgIpc) is 2.89. The zero-order valence-corrected chi connectivity index (χ0v) is 22.2. The largest absolute Gasteiger partial charge is 0.487 e. The monoisotopic (exact) mass is 534 g/mol. The molecule has 202 valence electrons. The molecular formula is C30H29F3N4O2.